The second-order valence-electron chi connectivity index (χ2n) is 4.62. The van der Waals surface area contributed by atoms with Gasteiger partial charge in [0.25, 0.3) is 5.91 Å². The maximum absolute atomic E-state index is 12.3. The van der Waals surface area contributed by atoms with Crippen molar-refractivity contribution in [2.45, 2.75) is 26.7 Å². The number of aryl methyl sites for hydroxylation is 1. The standard InChI is InChI=1S/C15H20N4OS/c1-3-9-17-15-19-13(16)12(21-15)14(20)18-11-8-6-5-7-10(11)4-2/h5-8H,3-4,9,16H2,1-2H3,(H,17,19)(H,18,20). The Morgan fingerprint density at radius 3 is 2.81 bits per heavy atom. The Balaban J connectivity index is 2.15. The molecule has 0 radical (unpaired) electrons. The number of hydrogen-bond donors (Lipinski definition) is 3. The number of amides is 1. The Hall–Kier alpha value is -2.08. The van der Waals surface area contributed by atoms with E-state index < -0.39 is 0 Å². The molecule has 0 spiro atoms. The summed E-state index contributed by atoms with van der Waals surface area (Å²) < 4.78 is 0. The first-order valence-electron chi connectivity index (χ1n) is 7.05. The van der Waals surface area contributed by atoms with E-state index in [2.05, 4.69) is 29.5 Å². The summed E-state index contributed by atoms with van der Waals surface area (Å²) >= 11 is 1.28. The molecular formula is C15H20N4OS. The van der Waals surface area contributed by atoms with Crippen LogP contribution in [0.1, 0.15) is 35.5 Å². The Bertz CT molecular complexity index is 624. The van der Waals surface area contributed by atoms with Crippen LogP contribution in [0.3, 0.4) is 0 Å². The molecule has 6 heteroatoms. The van der Waals surface area contributed by atoms with Crippen LogP contribution in [0.15, 0.2) is 24.3 Å². The van der Waals surface area contributed by atoms with Gasteiger partial charge in [-0.15, -0.1) is 0 Å². The second-order valence-corrected chi connectivity index (χ2v) is 5.62. The van der Waals surface area contributed by atoms with Crippen molar-refractivity contribution in [2.24, 2.45) is 0 Å². The molecular weight excluding hydrogens is 284 g/mol. The van der Waals surface area contributed by atoms with Gasteiger partial charge in [0, 0.05) is 12.2 Å². The lowest BCUT2D eigenvalue weighted by atomic mass is 10.1. The van der Waals surface area contributed by atoms with Crippen LogP contribution in [0, 0.1) is 0 Å². The van der Waals surface area contributed by atoms with Crippen molar-refractivity contribution in [3.05, 3.63) is 34.7 Å². The fraction of sp³-hybridized carbons (Fsp3) is 0.333. The zero-order valence-electron chi connectivity index (χ0n) is 12.3. The van der Waals surface area contributed by atoms with Crippen LogP contribution < -0.4 is 16.4 Å². The van der Waals surface area contributed by atoms with Crippen molar-refractivity contribution in [3.63, 3.8) is 0 Å². The lowest BCUT2D eigenvalue weighted by molar-refractivity contribution is 0.103. The predicted octanol–water partition coefficient (Wildman–Crippen LogP) is 3.36. The predicted molar refractivity (Wildman–Crippen MR) is 89.1 cm³/mol. The number of nitrogens with one attached hydrogen (secondary N) is 2. The van der Waals surface area contributed by atoms with E-state index in [0.29, 0.717) is 10.0 Å². The van der Waals surface area contributed by atoms with Crippen LogP contribution in [-0.4, -0.2) is 17.4 Å². The maximum atomic E-state index is 12.3. The number of benzene rings is 1. The third-order valence-corrected chi connectivity index (χ3v) is 4.06. The highest BCUT2D eigenvalue weighted by molar-refractivity contribution is 7.18. The molecule has 1 heterocycles. The maximum Gasteiger partial charge on any atom is 0.269 e. The van der Waals surface area contributed by atoms with Gasteiger partial charge in [0.2, 0.25) is 0 Å². The van der Waals surface area contributed by atoms with Gasteiger partial charge in [-0.1, -0.05) is 43.4 Å². The Labute approximate surface area is 128 Å². The number of hydrogen-bond acceptors (Lipinski definition) is 5. The summed E-state index contributed by atoms with van der Waals surface area (Å²) in [5.74, 6) is 0.0560. The van der Waals surface area contributed by atoms with Gasteiger partial charge in [-0.3, -0.25) is 4.79 Å². The van der Waals surface area contributed by atoms with Crippen molar-refractivity contribution in [1.29, 1.82) is 0 Å². The van der Waals surface area contributed by atoms with Gasteiger partial charge in [0.1, 0.15) is 10.7 Å². The van der Waals surface area contributed by atoms with E-state index in [-0.39, 0.29) is 11.7 Å². The van der Waals surface area contributed by atoms with Crippen molar-refractivity contribution in [3.8, 4) is 0 Å². The number of carbonyl (C=O) groups is 1. The first kappa shape index (κ1) is 15.3. The lowest BCUT2D eigenvalue weighted by Gasteiger charge is -2.08. The van der Waals surface area contributed by atoms with Crippen molar-refractivity contribution >= 4 is 33.9 Å². The summed E-state index contributed by atoms with van der Waals surface area (Å²) in [6, 6.07) is 7.76. The first-order valence-corrected chi connectivity index (χ1v) is 7.86. The molecule has 0 saturated heterocycles. The molecule has 2 aromatic rings. The Morgan fingerprint density at radius 2 is 2.10 bits per heavy atom. The van der Waals surface area contributed by atoms with Crippen LogP contribution >= 0.6 is 11.3 Å². The number of aromatic nitrogens is 1. The summed E-state index contributed by atoms with van der Waals surface area (Å²) in [6.45, 7) is 4.94. The molecule has 2 rings (SSSR count). The lowest BCUT2D eigenvalue weighted by Crippen LogP contribution is -2.13. The molecule has 5 nitrogen and oxygen atoms in total. The van der Waals surface area contributed by atoms with E-state index in [0.717, 1.165) is 30.6 Å². The van der Waals surface area contributed by atoms with Crippen LogP contribution in [0.2, 0.25) is 0 Å². The number of anilines is 3. The number of nitrogens with two attached hydrogens (primary N) is 1. The number of carbonyl (C=O) groups excluding carboxylic acids is 1. The van der Waals surface area contributed by atoms with E-state index in [1.165, 1.54) is 11.3 Å². The van der Waals surface area contributed by atoms with Crippen molar-refractivity contribution < 1.29 is 4.79 Å². The molecule has 112 valence electrons. The molecule has 1 amide bonds. The third-order valence-electron chi connectivity index (χ3n) is 3.03. The largest absolute Gasteiger partial charge is 0.382 e. The molecule has 0 aliphatic heterocycles. The smallest absolute Gasteiger partial charge is 0.269 e. The van der Waals surface area contributed by atoms with Crippen LogP contribution in [0.4, 0.5) is 16.6 Å². The quantitative estimate of drug-likeness (QED) is 0.764. The summed E-state index contributed by atoms with van der Waals surface area (Å²) in [5, 5.41) is 6.74. The second kappa shape index (κ2) is 7.08. The third kappa shape index (κ3) is 3.72. The highest BCUT2D eigenvalue weighted by Crippen LogP contribution is 2.26. The molecule has 1 aromatic carbocycles. The highest BCUT2D eigenvalue weighted by atomic mass is 32.1. The van der Waals surface area contributed by atoms with Gasteiger partial charge < -0.3 is 16.4 Å². The van der Waals surface area contributed by atoms with Gasteiger partial charge in [0.15, 0.2) is 5.13 Å². The topological polar surface area (TPSA) is 80.0 Å². The molecule has 0 saturated carbocycles. The summed E-state index contributed by atoms with van der Waals surface area (Å²) in [6.07, 6.45) is 1.85. The zero-order valence-corrected chi connectivity index (χ0v) is 13.1. The minimum atomic E-state index is -0.213. The molecule has 0 aliphatic rings. The first-order chi connectivity index (χ1) is 10.2. The molecule has 1 aromatic heterocycles. The fourth-order valence-corrected chi connectivity index (χ4v) is 2.74. The molecule has 21 heavy (non-hydrogen) atoms. The molecule has 0 atom stereocenters. The average Bonchev–Trinajstić information content (AvgIpc) is 2.86. The van der Waals surface area contributed by atoms with Gasteiger partial charge >= 0.3 is 0 Å². The van der Waals surface area contributed by atoms with Gasteiger partial charge in [-0.25, -0.2) is 4.98 Å². The van der Waals surface area contributed by atoms with E-state index in [4.69, 9.17) is 5.73 Å². The van der Waals surface area contributed by atoms with E-state index in [9.17, 15) is 4.79 Å². The minimum absolute atomic E-state index is 0.213. The van der Waals surface area contributed by atoms with Gasteiger partial charge in [-0.05, 0) is 24.5 Å². The SMILES string of the molecule is CCCNc1nc(N)c(C(=O)Nc2ccccc2CC)s1. The van der Waals surface area contributed by atoms with E-state index in [1.807, 2.05) is 24.3 Å². The Morgan fingerprint density at radius 1 is 1.33 bits per heavy atom. The van der Waals surface area contributed by atoms with Gasteiger partial charge in [0.05, 0.1) is 0 Å². The summed E-state index contributed by atoms with van der Waals surface area (Å²) in [7, 11) is 0. The molecule has 0 aliphatic carbocycles. The zero-order chi connectivity index (χ0) is 15.2. The molecule has 0 unspecified atom stereocenters. The highest BCUT2D eigenvalue weighted by Gasteiger charge is 2.17. The normalized spacial score (nSPS) is 10.4. The number of nitrogen functional groups attached to an aromatic ring is 1. The molecule has 4 N–H and O–H groups in total. The monoisotopic (exact) mass is 304 g/mol. The number of nitrogens with zero attached hydrogens (tertiary/aromatic N) is 1. The molecule has 0 bridgehead atoms. The van der Waals surface area contributed by atoms with Crippen molar-refractivity contribution in [2.75, 3.05) is 22.9 Å². The summed E-state index contributed by atoms with van der Waals surface area (Å²) in [4.78, 5) is 17.0. The van der Waals surface area contributed by atoms with Crippen molar-refractivity contribution in [1.82, 2.24) is 4.98 Å². The molecule has 0 fully saturated rings. The fourth-order valence-electron chi connectivity index (χ4n) is 1.93. The number of rotatable bonds is 6. The van der Waals surface area contributed by atoms with Crippen LogP contribution in [-0.2, 0) is 6.42 Å². The van der Waals surface area contributed by atoms with E-state index in [1.54, 1.807) is 0 Å². The summed E-state index contributed by atoms with van der Waals surface area (Å²) in [5.41, 5.74) is 7.75. The number of thiazole rings is 1. The minimum Gasteiger partial charge on any atom is -0.382 e. The Kier molecular flexibility index (Phi) is 5.16. The van der Waals surface area contributed by atoms with Crippen LogP contribution in [0.25, 0.3) is 0 Å². The number of para-hydroxylation sites is 1. The average molecular weight is 304 g/mol. The van der Waals surface area contributed by atoms with E-state index >= 15 is 0 Å². The van der Waals surface area contributed by atoms with Gasteiger partial charge in [-0.2, -0.15) is 0 Å². The van der Waals surface area contributed by atoms with Crippen LogP contribution in [0.5, 0.6) is 0 Å².